The van der Waals surface area contributed by atoms with Crippen LogP contribution in [0.3, 0.4) is 0 Å². The SMILES string of the molecule is C[C@@H]1CCC[C@@H](C)N1C(=O)c1ccc(=O)[nH]n1. The van der Waals surface area contributed by atoms with Gasteiger partial charge in [0.2, 0.25) is 0 Å². The third kappa shape index (κ3) is 2.38. The molecule has 2 atom stereocenters. The normalized spacial score (nSPS) is 24.7. The molecule has 5 heteroatoms. The van der Waals surface area contributed by atoms with Crippen molar-refractivity contribution in [2.45, 2.75) is 45.2 Å². The number of aromatic nitrogens is 2. The zero-order valence-electron chi connectivity index (χ0n) is 10.1. The van der Waals surface area contributed by atoms with E-state index in [0.29, 0.717) is 5.69 Å². The molecule has 0 aliphatic carbocycles. The topological polar surface area (TPSA) is 66.1 Å². The second-order valence-electron chi connectivity index (χ2n) is 4.65. The van der Waals surface area contributed by atoms with Crippen LogP contribution in [-0.2, 0) is 0 Å². The van der Waals surface area contributed by atoms with Crippen LogP contribution >= 0.6 is 0 Å². The second kappa shape index (κ2) is 4.69. The first kappa shape index (κ1) is 11.8. The van der Waals surface area contributed by atoms with E-state index < -0.39 is 0 Å². The predicted molar refractivity (Wildman–Crippen MR) is 63.8 cm³/mol. The smallest absolute Gasteiger partial charge is 0.274 e. The summed E-state index contributed by atoms with van der Waals surface area (Å²) in [6.07, 6.45) is 3.21. The van der Waals surface area contributed by atoms with Crippen LogP contribution in [0.5, 0.6) is 0 Å². The highest BCUT2D eigenvalue weighted by Crippen LogP contribution is 2.23. The summed E-state index contributed by atoms with van der Waals surface area (Å²) < 4.78 is 0. The van der Waals surface area contributed by atoms with E-state index in [1.807, 2.05) is 4.90 Å². The molecular formula is C12H17N3O2. The number of nitrogens with zero attached hydrogens (tertiary/aromatic N) is 2. The molecule has 17 heavy (non-hydrogen) atoms. The van der Waals surface area contributed by atoms with Crippen LogP contribution < -0.4 is 5.56 Å². The Morgan fingerprint density at radius 2 is 2.00 bits per heavy atom. The Kier molecular flexibility index (Phi) is 3.26. The van der Waals surface area contributed by atoms with E-state index in [2.05, 4.69) is 24.0 Å². The third-order valence-corrected chi connectivity index (χ3v) is 3.33. The summed E-state index contributed by atoms with van der Waals surface area (Å²) in [5, 5.41) is 6.09. The van der Waals surface area contributed by atoms with Crippen molar-refractivity contribution in [3.05, 3.63) is 28.2 Å². The van der Waals surface area contributed by atoms with Gasteiger partial charge in [-0.2, -0.15) is 5.10 Å². The van der Waals surface area contributed by atoms with Gasteiger partial charge in [-0.25, -0.2) is 5.10 Å². The van der Waals surface area contributed by atoms with Crippen molar-refractivity contribution in [1.82, 2.24) is 15.1 Å². The van der Waals surface area contributed by atoms with Crippen LogP contribution in [0.2, 0.25) is 0 Å². The molecule has 1 saturated heterocycles. The van der Waals surface area contributed by atoms with Gasteiger partial charge in [-0.05, 0) is 39.2 Å². The highest BCUT2D eigenvalue weighted by Gasteiger charge is 2.30. The van der Waals surface area contributed by atoms with Gasteiger partial charge in [-0.15, -0.1) is 0 Å². The molecule has 1 N–H and O–H groups in total. The summed E-state index contributed by atoms with van der Waals surface area (Å²) in [6.45, 7) is 4.11. The van der Waals surface area contributed by atoms with E-state index in [1.165, 1.54) is 12.1 Å². The molecule has 1 aromatic rings. The molecule has 0 saturated carbocycles. The molecule has 2 rings (SSSR count). The summed E-state index contributed by atoms with van der Waals surface area (Å²) in [4.78, 5) is 25.0. The molecule has 1 amide bonds. The first-order chi connectivity index (χ1) is 8.09. The quantitative estimate of drug-likeness (QED) is 0.794. The average molecular weight is 235 g/mol. The third-order valence-electron chi connectivity index (χ3n) is 3.33. The van der Waals surface area contributed by atoms with E-state index in [9.17, 15) is 9.59 Å². The number of carbonyl (C=O) groups excluding carboxylic acids is 1. The van der Waals surface area contributed by atoms with Gasteiger partial charge in [0.15, 0.2) is 0 Å². The highest BCUT2D eigenvalue weighted by molar-refractivity contribution is 5.92. The van der Waals surface area contributed by atoms with Crippen LogP contribution in [-0.4, -0.2) is 33.1 Å². The number of rotatable bonds is 1. The molecule has 0 aromatic carbocycles. The van der Waals surface area contributed by atoms with E-state index in [1.54, 1.807) is 0 Å². The van der Waals surface area contributed by atoms with Crippen molar-refractivity contribution in [1.29, 1.82) is 0 Å². The molecule has 5 nitrogen and oxygen atoms in total. The van der Waals surface area contributed by atoms with E-state index in [-0.39, 0.29) is 23.6 Å². The van der Waals surface area contributed by atoms with Gasteiger partial charge in [0, 0.05) is 18.2 Å². The first-order valence-electron chi connectivity index (χ1n) is 5.98. The standard InChI is InChI=1S/C12H17N3O2/c1-8-4-3-5-9(2)15(8)12(17)10-6-7-11(16)14-13-10/h6-9H,3-5H2,1-2H3,(H,14,16)/t8-,9-/m1/s1. The van der Waals surface area contributed by atoms with Crippen molar-refractivity contribution < 1.29 is 4.79 Å². The minimum atomic E-state index is -0.290. The number of hydrogen-bond acceptors (Lipinski definition) is 3. The van der Waals surface area contributed by atoms with Crippen LogP contribution in [0, 0.1) is 0 Å². The van der Waals surface area contributed by atoms with Crippen LogP contribution in [0.15, 0.2) is 16.9 Å². The minimum absolute atomic E-state index is 0.0963. The fourth-order valence-electron chi connectivity index (χ4n) is 2.42. The summed E-state index contributed by atoms with van der Waals surface area (Å²) >= 11 is 0. The van der Waals surface area contributed by atoms with Gasteiger partial charge in [0.05, 0.1) is 0 Å². The van der Waals surface area contributed by atoms with Gasteiger partial charge in [-0.1, -0.05) is 0 Å². The lowest BCUT2D eigenvalue weighted by Crippen LogP contribution is -2.47. The van der Waals surface area contributed by atoms with Crippen molar-refractivity contribution >= 4 is 5.91 Å². The fraction of sp³-hybridized carbons (Fsp3) is 0.583. The lowest BCUT2D eigenvalue weighted by atomic mass is 9.97. The maximum absolute atomic E-state index is 12.3. The van der Waals surface area contributed by atoms with Crippen molar-refractivity contribution in [2.75, 3.05) is 0 Å². The average Bonchev–Trinajstić information content (AvgIpc) is 2.29. The molecule has 1 aliphatic rings. The number of likely N-dealkylation sites (tertiary alicyclic amines) is 1. The van der Waals surface area contributed by atoms with Gasteiger partial charge in [0.25, 0.3) is 11.5 Å². The van der Waals surface area contributed by atoms with Crippen molar-refractivity contribution in [2.24, 2.45) is 0 Å². The lowest BCUT2D eigenvalue weighted by molar-refractivity contribution is 0.0503. The molecule has 0 spiro atoms. The Morgan fingerprint density at radius 3 is 2.53 bits per heavy atom. The number of amides is 1. The highest BCUT2D eigenvalue weighted by atomic mass is 16.2. The van der Waals surface area contributed by atoms with Gasteiger partial charge in [-0.3, -0.25) is 9.59 Å². The van der Waals surface area contributed by atoms with Crippen LogP contribution in [0.4, 0.5) is 0 Å². The summed E-state index contributed by atoms with van der Waals surface area (Å²) in [5.41, 5.74) is 0.0199. The molecule has 92 valence electrons. The number of carbonyl (C=O) groups is 1. The molecular weight excluding hydrogens is 218 g/mol. The molecule has 1 aromatic heterocycles. The number of hydrogen-bond donors (Lipinski definition) is 1. The maximum Gasteiger partial charge on any atom is 0.274 e. The summed E-state index contributed by atoms with van der Waals surface area (Å²) in [5.74, 6) is -0.0963. The fourth-order valence-corrected chi connectivity index (χ4v) is 2.42. The maximum atomic E-state index is 12.3. The molecule has 0 unspecified atom stereocenters. The predicted octanol–water partition coefficient (Wildman–Crippen LogP) is 1.17. The first-order valence-corrected chi connectivity index (χ1v) is 5.98. The Labute approximate surface area is 99.8 Å². The number of piperidine rings is 1. The molecule has 0 radical (unpaired) electrons. The number of H-pyrrole nitrogens is 1. The Morgan fingerprint density at radius 1 is 1.35 bits per heavy atom. The van der Waals surface area contributed by atoms with E-state index in [4.69, 9.17) is 0 Å². The minimum Gasteiger partial charge on any atom is -0.332 e. The van der Waals surface area contributed by atoms with Crippen molar-refractivity contribution in [3.63, 3.8) is 0 Å². The molecule has 0 bridgehead atoms. The second-order valence-corrected chi connectivity index (χ2v) is 4.65. The van der Waals surface area contributed by atoms with Gasteiger partial charge < -0.3 is 4.90 Å². The summed E-state index contributed by atoms with van der Waals surface area (Å²) in [6, 6.07) is 3.29. The zero-order valence-corrected chi connectivity index (χ0v) is 10.1. The van der Waals surface area contributed by atoms with Crippen LogP contribution in [0.1, 0.15) is 43.6 Å². The molecule has 1 aliphatic heterocycles. The Balaban J connectivity index is 2.23. The van der Waals surface area contributed by atoms with E-state index >= 15 is 0 Å². The van der Waals surface area contributed by atoms with Gasteiger partial charge >= 0.3 is 0 Å². The Hall–Kier alpha value is -1.65. The molecule has 1 fully saturated rings. The number of aromatic amines is 1. The lowest BCUT2D eigenvalue weighted by Gasteiger charge is -2.38. The largest absolute Gasteiger partial charge is 0.332 e. The number of nitrogens with one attached hydrogen (secondary N) is 1. The van der Waals surface area contributed by atoms with Gasteiger partial charge in [0.1, 0.15) is 5.69 Å². The molecule has 2 heterocycles. The monoisotopic (exact) mass is 235 g/mol. The zero-order chi connectivity index (χ0) is 12.4. The van der Waals surface area contributed by atoms with Crippen LogP contribution in [0.25, 0.3) is 0 Å². The van der Waals surface area contributed by atoms with Crippen molar-refractivity contribution in [3.8, 4) is 0 Å². The van der Waals surface area contributed by atoms with E-state index in [0.717, 1.165) is 19.3 Å². The Bertz CT molecular complexity index is 439. The summed E-state index contributed by atoms with van der Waals surface area (Å²) in [7, 11) is 0.